The lowest BCUT2D eigenvalue weighted by atomic mass is 9.99. The number of anilines is 1. The molecular weight excluding hydrogens is 318 g/mol. The predicted molar refractivity (Wildman–Crippen MR) is 96.0 cm³/mol. The van der Waals surface area contributed by atoms with Crippen molar-refractivity contribution in [1.29, 1.82) is 0 Å². The largest absolute Gasteiger partial charge is 0.501 e. The molecule has 1 fully saturated rings. The van der Waals surface area contributed by atoms with E-state index in [-0.39, 0.29) is 12.5 Å². The number of piperidine rings is 1. The van der Waals surface area contributed by atoms with E-state index in [2.05, 4.69) is 15.2 Å². The SMILES string of the molecule is O=C(NCc1ccc(N2CCCC[C@@H]2CCO)nc1)C1=COCCC1. The summed E-state index contributed by atoms with van der Waals surface area (Å²) in [6.45, 7) is 2.35. The van der Waals surface area contributed by atoms with Gasteiger partial charge in [0, 0.05) is 31.9 Å². The topological polar surface area (TPSA) is 74.7 Å². The molecule has 2 aliphatic heterocycles. The number of hydrogen-bond acceptors (Lipinski definition) is 5. The molecule has 1 aromatic rings. The van der Waals surface area contributed by atoms with Gasteiger partial charge in [-0.1, -0.05) is 6.07 Å². The highest BCUT2D eigenvalue weighted by Gasteiger charge is 2.23. The lowest BCUT2D eigenvalue weighted by Gasteiger charge is -2.36. The van der Waals surface area contributed by atoms with Gasteiger partial charge < -0.3 is 20.1 Å². The van der Waals surface area contributed by atoms with E-state index in [1.165, 1.54) is 12.8 Å². The van der Waals surface area contributed by atoms with Crippen molar-refractivity contribution in [1.82, 2.24) is 10.3 Å². The first-order chi connectivity index (χ1) is 12.3. The Morgan fingerprint density at radius 1 is 1.36 bits per heavy atom. The number of aliphatic hydroxyl groups is 1. The molecule has 2 aliphatic rings. The summed E-state index contributed by atoms with van der Waals surface area (Å²) in [5.41, 5.74) is 1.68. The maximum atomic E-state index is 12.1. The molecule has 1 atom stereocenters. The van der Waals surface area contributed by atoms with Gasteiger partial charge in [-0.3, -0.25) is 4.79 Å². The molecule has 136 valence electrons. The van der Waals surface area contributed by atoms with Crippen LogP contribution in [0.2, 0.25) is 0 Å². The third kappa shape index (κ3) is 4.72. The monoisotopic (exact) mass is 345 g/mol. The number of ether oxygens (including phenoxy) is 1. The highest BCUT2D eigenvalue weighted by atomic mass is 16.5. The third-order valence-corrected chi connectivity index (χ3v) is 4.87. The highest BCUT2D eigenvalue weighted by molar-refractivity contribution is 5.93. The van der Waals surface area contributed by atoms with Gasteiger partial charge in [-0.2, -0.15) is 0 Å². The second kappa shape index (κ2) is 8.85. The Kier molecular flexibility index (Phi) is 6.28. The molecule has 0 bridgehead atoms. The molecule has 0 radical (unpaired) electrons. The second-order valence-electron chi connectivity index (χ2n) is 6.68. The van der Waals surface area contributed by atoms with E-state index in [1.807, 2.05) is 18.3 Å². The van der Waals surface area contributed by atoms with Gasteiger partial charge in [-0.05, 0) is 50.2 Å². The van der Waals surface area contributed by atoms with Crippen molar-refractivity contribution in [2.45, 2.75) is 51.1 Å². The van der Waals surface area contributed by atoms with Gasteiger partial charge in [0.05, 0.1) is 18.4 Å². The Morgan fingerprint density at radius 2 is 2.28 bits per heavy atom. The van der Waals surface area contributed by atoms with Gasteiger partial charge >= 0.3 is 0 Å². The first-order valence-corrected chi connectivity index (χ1v) is 9.19. The summed E-state index contributed by atoms with van der Waals surface area (Å²) in [6.07, 6.45) is 9.33. The van der Waals surface area contributed by atoms with Gasteiger partial charge in [0.25, 0.3) is 5.91 Å². The van der Waals surface area contributed by atoms with Gasteiger partial charge in [0.15, 0.2) is 0 Å². The van der Waals surface area contributed by atoms with E-state index in [9.17, 15) is 9.90 Å². The van der Waals surface area contributed by atoms with Crippen LogP contribution in [0.15, 0.2) is 30.2 Å². The molecule has 1 amide bonds. The minimum atomic E-state index is -0.0668. The minimum Gasteiger partial charge on any atom is -0.501 e. The van der Waals surface area contributed by atoms with Gasteiger partial charge in [0.2, 0.25) is 0 Å². The first kappa shape index (κ1) is 17.7. The molecule has 1 aromatic heterocycles. The molecular formula is C19H27N3O3. The van der Waals surface area contributed by atoms with Crippen LogP contribution in [-0.4, -0.2) is 41.8 Å². The second-order valence-corrected chi connectivity index (χ2v) is 6.68. The molecule has 3 heterocycles. The molecule has 3 rings (SSSR count). The molecule has 0 spiro atoms. The molecule has 1 saturated heterocycles. The normalized spacial score (nSPS) is 20.6. The van der Waals surface area contributed by atoms with Crippen molar-refractivity contribution >= 4 is 11.7 Å². The Hall–Kier alpha value is -2.08. The zero-order chi connectivity index (χ0) is 17.5. The van der Waals surface area contributed by atoms with Crippen LogP contribution in [0.4, 0.5) is 5.82 Å². The number of carbonyl (C=O) groups is 1. The van der Waals surface area contributed by atoms with E-state index in [0.717, 1.165) is 43.6 Å². The number of aliphatic hydroxyl groups excluding tert-OH is 1. The zero-order valence-electron chi connectivity index (χ0n) is 14.6. The smallest absolute Gasteiger partial charge is 0.250 e. The zero-order valence-corrected chi connectivity index (χ0v) is 14.6. The van der Waals surface area contributed by atoms with Crippen molar-refractivity contribution in [3.8, 4) is 0 Å². The van der Waals surface area contributed by atoms with Crippen LogP contribution in [0, 0.1) is 0 Å². The fourth-order valence-electron chi connectivity index (χ4n) is 3.47. The first-order valence-electron chi connectivity index (χ1n) is 9.19. The van der Waals surface area contributed by atoms with Crippen molar-refractivity contribution < 1.29 is 14.6 Å². The number of nitrogens with one attached hydrogen (secondary N) is 1. The highest BCUT2D eigenvalue weighted by Crippen LogP contribution is 2.25. The molecule has 0 aromatic carbocycles. The molecule has 2 N–H and O–H groups in total. The van der Waals surface area contributed by atoms with Crippen molar-refractivity contribution in [3.05, 3.63) is 35.7 Å². The quantitative estimate of drug-likeness (QED) is 0.826. The molecule has 25 heavy (non-hydrogen) atoms. The van der Waals surface area contributed by atoms with Crippen LogP contribution in [0.5, 0.6) is 0 Å². The fraction of sp³-hybridized carbons (Fsp3) is 0.579. The molecule has 0 saturated carbocycles. The number of carbonyl (C=O) groups excluding carboxylic acids is 1. The van der Waals surface area contributed by atoms with Crippen molar-refractivity contribution in [2.75, 3.05) is 24.7 Å². The molecule has 6 nitrogen and oxygen atoms in total. The summed E-state index contributed by atoms with van der Waals surface area (Å²) in [6, 6.07) is 4.40. The fourth-order valence-corrected chi connectivity index (χ4v) is 3.47. The summed E-state index contributed by atoms with van der Waals surface area (Å²) in [5.74, 6) is 0.888. The predicted octanol–water partition coefficient (Wildman–Crippen LogP) is 2.13. The van der Waals surface area contributed by atoms with Gasteiger partial charge in [-0.25, -0.2) is 4.98 Å². The number of rotatable bonds is 6. The Morgan fingerprint density at radius 3 is 3.00 bits per heavy atom. The van der Waals surface area contributed by atoms with E-state index in [0.29, 0.717) is 24.8 Å². The van der Waals surface area contributed by atoms with Crippen LogP contribution in [-0.2, 0) is 16.1 Å². The Balaban J connectivity index is 1.56. The number of pyridine rings is 1. The Labute approximate surface area is 148 Å². The summed E-state index contributed by atoms with van der Waals surface area (Å²) in [5, 5.41) is 12.2. The summed E-state index contributed by atoms with van der Waals surface area (Å²) in [7, 11) is 0. The minimum absolute atomic E-state index is 0.0668. The number of nitrogens with zero attached hydrogens (tertiary/aromatic N) is 2. The van der Waals surface area contributed by atoms with E-state index in [4.69, 9.17) is 4.74 Å². The number of hydrogen-bond donors (Lipinski definition) is 2. The van der Waals surface area contributed by atoms with Crippen LogP contribution in [0.1, 0.15) is 44.1 Å². The molecule has 0 unspecified atom stereocenters. The van der Waals surface area contributed by atoms with E-state index >= 15 is 0 Å². The molecule has 6 heteroatoms. The van der Waals surface area contributed by atoms with E-state index in [1.54, 1.807) is 6.26 Å². The standard InChI is InChI=1S/C19H27N3O3/c23-10-8-17-5-1-2-9-22(17)18-7-6-15(12-20-18)13-21-19(24)16-4-3-11-25-14-16/h6-7,12,14,17,23H,1-5,8-11,13H2,(H,21,24)/t17-/m1/s1. The lowest BCUT2D eigenvalue weighted by Crippen LogP contribution is -2.40. The average molecular weight is 345 g/mol. The average Bonchev–Trinajstić information content (AvgIpc) is 2.68. The maximum absolute atomic E-state index is 12.1. The summed E-state index contributed by atoms with van der Waals surface area (Å²) >= 11 is 0. The van der Waals surface area contributed by atoms with Crippen LogP contribution < -0.4 is 10.2 Å². The molecule has 0 aliphatic carbocycles. The van der Waals surface area contributed by atoms with Crippen molar-refractivity contribution in [3.63, 3.8) is 0 Å². The lowest BCUT2D eigenvalue weighted by molar-refractivity contribution is -0.118. The van der Waals surface area contributed by atoms with Crippen LogP contribution >= 0.6 is 0 Å². The summed E-state index contributed by atoms with van der Waals surface area (Å²) < 4.78 is 5.21. The van der Waals surface area contributed by atoms with Crippen LogP contribution in [0.3, 0.4) is 0 Å². The third-order valence-electron chi connectivity index (χ3n) is 4.87. The number of aromatic nitrogens is 1. The van der Waals surface area contributed by atoms with E-state index < -0.39 is 0 Å². The van der Waals surface area contributed by atoms with Crippen molar-refractivity contribution in [2.24, 2.45) is 0 Å². The van der Waals surface area contributed by atoms with Crippen LogP contribution in [0.25, 0.3) is 0 Å². The van der Waals surface area contributed by atoms with Gasteiger partial charge in [-0.15, -0.1) is 0 Å². The maximum Gasteiger partial charge on any atom is 0.250 e. The Bertz CT molecular complexity index is 598. The number of amides is 1. The van der Waals surface area contributed by atoms with Gasteiger partial charge in [0.1, 0.15) is 5.82 Å². The summed E-state index contributed by atoms with van der Waals surface area (Å²) in [4.78, 5) is 19.0.